The molecular weight excluding hydrogens is 510 g/mol. The van der Waals surface area contributed by atoms with Gasteiger partial charge in [0.2, 0.25) is 10.0 Å². The molecule has 0 N–H and O–H groups in total. The molecular formula is C27H37N3O5S2. The third-order valence-electron chi connectivity index (χ3n) is 5.63. The molecule has 1 amide bonds. The van der Waals surface area contributed by atoms with E-state index in [1.54, 1.807) is 7.11 Å². The van der Waals surface area contributed by atoms with E-state index in [4.69, 9.17) is 9.47 Å². The van der Waals surface area contributed by atoms with Crippen molar-refractivity contribution in [3.63, 3.8) is 0 Å². The van der Waals surface area contributed by atoms with Crippen LogP contribution in [0.5, 0.6) is 5.75 Å². The second-order valence-corrected chi connectivity index (χ2v) is 12.6. The summed E-state index contributed by atoms with van der Waals surface area (Å²) >= 11 is 1.39. The summed E-state index contributed by atoms with van der Waals surface area (Å²) in [6.07, 6.45) is 0. The molecule has 0 atom stereocenters. The topological polar surface area (TPSA) is 90.2 Å². The number of hydrogen-bond acceptors (Lipinski definition) is 6. The number of fused-ring (bicyclic) bond motifs is 1. The van der Waals surface area contributed by atoms with Crippen LogP contribution in [-0.4, -0.2) is 56.6 Å². The number of aromatic nitrogens is 1. The Morgan fingerprint density at radius 3 is 2.27 bits per heavy atom. The summed E-state index contributed by atoms with van der Waals surface area (Å²) in [6.45, 7) is 12.4. The second kappa shape index (κ2) is 12.8. The van der Waals surface area contributed by atoms with Gasteiger partial charge in [-0.25, -0.2) is 8.42 Å². The van der Waals surface area contributed by atoms with Crippen molar-refractivity contribution in [3.8, 4) is 5.75 Å². The van der Waals surface area contributed by atoms with E-state index < -0.39 is 15.9 Å². The molecule has 0 saturated heterocycles. The van der Waals surface area contributed by atoms with Crippen molar-refractivity contribution in [2.45, 2.75) is 46.1 Å². The Kier molecular flexibility index (Phi) is 10.1. The summed E-state index contributed by atoms with van der Waals surface area (Å²) in [4.78, 5) is 18.2. The van der Waals surface area contributed by atoms with Crippen LogP contribution < -0.4 is 9.54 Å². The Labute approximate surface area is 223 Å². The van der Waals surface area contributed by atoms with Crippen molar-refractivity contribution < 1.29 is 22.7 Å². The SMILES string of the molecule is CCOCCn1c(=NC(=O)c2ccc(S(=O)(=O)N(CC(C)C)CC(C)C)cc2)sc2cc(OC)ccc21. The highest BCUT2D eigenvalue weighted by atomic mass is 32.2. The van der Waals surface area contributed by atoms with E-state index in [2.05, 4.69) is 4.99 Å². The van der Waals surface area contributed by atoms with Crippen LogP contribution in [0, 0.1) is 11.8 Å². The molecule has 1 aromatic heterocycles. The number of methoxy groups -OCH3 is 1. The molecule has 3 rings (SSSR count). The van der Waals surface area contributed by atoms with Gasteiger partial charge >= 0.3 is 0 Å². The van der Waals surface area contributed by atoms with Gasteiger partial charge < -0.3 is 14.0 Å². The fourth-order valence-electron chi connectivity index (χ4n) is 3.94. The first-order chi connectivity index (χ1) is 17.6. The van der Waals surface area contributed by atoms with Gasteiger partial charge in [-0.3, -0.25) is 4.79 Å². The van der Waals surface area contributed by atoms with E-state index in [0.717, 1.165) is 16.0 Å². The quantitative estimate of drug-likeness (QED) is 0.304. The predicted molar refractivity (Wildman–Crippen MR) is 148 cm³/mol. The number of rotatable bonds is 12. The zero-order valence-electron chi connectivity index (χ0n) is 22.4. The number of hydrogen-bond donors (Lipinski definition) is 0. The Balaban J connectivity index is 1.94. The number of carbonyl (C=O) groups is 1. The molecule has 202 valence electrons. The molecule has 0 bridgehead atoms. The van der Waals surface area contributed by atoms with Gasteiger partial charge in [0.1, 0.15) is 5.75 Å². The number of carbonyl (C=O) groups excluding carboxylic acids is 1. The second-order valence-electron chi connectivity index (χ2n) is 9.62. The van der Waals surface area contributed by atoms with Crippen molar-refractivity contribution in [1.82, 2.24) is 8.87 Å². The van der Waals surface area contributed by atoms with Crippen LogP contribution >= 0.6 is 11.3 Å². The number of sulfonamides is 1. The average molecular weight is 548 g/mol. The fraction of sp³-hybridized carbons (Fsp3) is 0.481. The predicted octanol–water partition coefficient (Wildman–Crippen LogP) is 4.79. The van der Waals surface area contributed by atoms with E-state index in [9.17, 15) is 13.2 Å². The highest BCUT2D eigenvalue weighted by Gasteiger charge is 2.26. The number of benzene rings is 2. The maximum Gasteiger partial charge on any atom is 0.279 e. The first-order valence-electron chi connectivity index (χ1n) is 12.5. The van der Waals surface area contributed by atoms with E-state index >= 15 is 0 Å². The van der Waals surface area contributed by atoms with Crippen LogP contribution in [0.3, 0.4) is 0 Å². The Hall–Kier alpha value is -2.53. The molecule has 0 fully saturated rings. The molecule has 0 aliphatic rings. The standard InChI is InChI=1S/C27H37N3O5S2/c1-7-35-15-14-30-24-13-10-22(34-6)16-25(24)36-27(30)28-26(31)21-8-11-23(12-9-21)37(32,33)29(17-19(2)3)18-20(4)5/h8-13,16,19-20H,7,14-15,17-18H2,1-6H3. The minimum atomic E-state index is -3.67. The zero-order valence-corrected chi connectivity index (χ0v) is 24.1. The summed E-state index contributed by atoms with van der Waals surface area (Å²) in [7, 11) is -2.06. The van der Waals surface area contributed by atoms with Crippen LogP contribution in [-0.2, 0) is 21.3 Å². The third kappa shape index (κ3) is 7.28. The zero-order chi connectivity index (χ0) is 27.2. The summed E-state index contributed by atoms with van der Waals surface area (Å²) < 4.78 is 41.9. The monoisotopic (exact) mass is 547 g/mol. The minimum Gasteiger partial charge on any atom is -0.497 e. The molecule has 0 spiro atoms. The van der Waals surface area contributed by atoms with Crippen molar-refractivity contribution in [2.24, 2.45) is 16.8 Å². The van der Waals surface area contributed by atoms with E-state index in [1.165, 1.54) is 39.9 Å². The van der Waals surface area contributed by atoms with Gasteiger partial charge in [-0.05, 0) is 61.2 Å². The van der Waals surface area contributed by atoms with Gasteiger partial charge in [-0.1, -0.05) is 39.0 Å². The number of thiazole rings is 1. The summed E-state index contributed by atoms with van der Waals surface area (Å²) in [5.74, 6) is 0.686. The lowest BCUT2D eigenvalue weighted by atomic mass is 10.2. The lowest BCUT2D eigenvalue weighted by molar-refractivity contribution is 0.0996. The molecule has 37 heavy (non-hydrogen) atoms. The van der Waals surface area contributed by atoms with E-state index in [1.807, 2.05) is 57.4 Å². The Morgan fingerprint density at radius 1 is 1.05 bits per heavy atom. The number of ether oxygens (including phenoxy) is 2. The van der Waals surface area contributed by atoms with Crippen molar-refractivity contribution in [1.29, 1.82) is 0 Å². The highest BCUT2D eigenvalue weighted by Crippen LogP contribution is 2.24. The molecule has 0 saturated carbocycles. The van der Waals surface area contributed by atoms with E-state index in [-0.39, 0.29) is 16.7 Å². The molecule has 2 aromatic carbocycles. The van der Waals surface area contributed by atoms with Crippen molar-refractivity contribution in [3.05, 3.63) is 52.8 Å². The normalized spacial score (nSPS) is 12.8. The summed E-state index contributed by atoms with van der Waals surface area (Å²) in [5, 5.41) is 0. The maximum atomic E-state index is 13.3. The molecule has 3 aromatic rings. The number of amides is 1. The largest absolute Gasteiger partial charge is 0.497 e. The van der Waals surface area contributed by atoms with Gasteiger partial charge in [0.25, 0.3) is 5.91 Å². The van der Waals surface area contributed by atoms with Crippen LogP contribution in [0.2, 0.25) is 0 Å². The molecule has 0 aliphatic heterocycles. The van der Waals surface area contributed by atoms with Gasteiger partial charge in [0.15, 0.2) is 4.80 Å². The minimum absolute atomic E-state index is 0.172. The molecule has 1 heterocycles. The maximum absolute atomic E-state index is 13.3. The van der Waals surface area contributed by atoms with E-state index in [0.29, 0.717) is 43.2 Å². The summed E-state index contributed by atoms with van der Waals surface area (Å²) in [6, 6.07) is 11.8. The first kappa shape index (κ1) is 29.0. The van der Waals surface area contributed by atoms with Gasteiger partial charge in [0, 0.05) is 31.8 Å². The van der Waals surface area contributed by atoms with Gasteiger partial charge in [-0.2, -0.15) is 9.30 Å². The van der Waals surface area contributed by atoms with Crippen molar-refractivity contribution >= 4 is 37.5 Å². The van der Waals surface area contributed by atoms with Crippen molar-refractivity contribution in [2.75, 3.05) is 33.4 Å². The number of nitrogens with zero attached hydrogens (tertiary/aromatic N) is 3. The molecule has 0 radical (unpaired) electrons. The van der Waals surface area contributed by atoms with Crippen LogP contribution in [0.1, 0.15) is 45.0 Å². The van der Waals surface area contributed by atoms with Gasteiger partial charge in [-0.15, -0.1) is 0 Å². The average Bonchev–Trinajstić information content (AvgIpc) is 3.19. The van der Waals surface area contributed by atoms with Gasteiger partial charge in [0.05, 0.1) is 28.8 Å². The van der Waals surface area contributed by atoms with Crippen LogP contribution in [0.25, 0.3) is 10.2 Å². The van der Waals surface area contributed by atoms with Crippen LogP contribution in [0.4, 0.5) is 0 Å². The third-order valence-corrected chi connectivity index (χ3v) is 8.51. The first-order valence-corrected chi connectivity index (χ1v) is 14.8. The smallest absolute Gasteiger partial charge is 0.279 e. The molecule has 10 heteroatoms. The lowest BCUT2D eigenvalue weighted by Gasteiger charge is -2.25. The lowest BCUT2D eigenvalue weighted by Crippen LogP contribution is -2.37. The highest BCUT2D eigenvalue weighted by molar-refractivity contribution is 7.89. The molecule has 0 unspecified atom stereocenters. The Bertz CT molecular complexity index is 1360. The molecule has 8 nitrogen and oxygen atoms in total. The van der Waals surface area contributed by atoms with Crippen LogP contribution in [0.15, 0.2) is 52.4 Å². The fourth-order valence-corrected chi connectivity index (χ4v) is 6.79. The molecule has 0 aliphatic carbocycles. The Morgan fingerprint density at radius 2 is 1.70 bits per heavy atom. The summed E-state index contributed by atoms with van der Waals surface area (Å²) in [5.41, 5.74) is 1.26.